The Morgan fingerprint density at radius 3 is 2.37 bits per heavy atom. The smallest absolute Gasteiger partial charge is 0.323 e. The summed E-state index contributed by atoms with van der Waals surface area (Å²) in [6.07, 6.45) is 0. The van der Waals surface area contributed by atoms with Crippen LogP contribution in [0.25, 0.3) is 21.8 Å². The van der Waals surface area contributed by atoms with Gasteiger partial charge in [0.15, 0.2) is 11.2 Å². The molecule has 0 unspecified atom stereocenters. The molecular weight excluding hydrogens is 427 g/mol. The van der Waals surface area contributed by atoms with Gasteiger partial charge in [0.25, 0.3) is 0 Å². The SMILES string of the molecule is COc1c(Cl)ccc2c(=O)c3ccc(Nc4ccc(Cl)cc4)cc3n(CC(=O)O)c12. The van der Waals surface area contributed by atoms with Crippen LogP contribution in [0, 0.1) is 0 Å². The van der Waals surface area contributed by atoms with Crippen LogP contribution in [0.4, 0.5) is 11.4 Å². The van der Waals surface area contributed by atoms with Crippen LogP contribution in [0.1, 0.15) is 0 Å². The zero-order valence-corrected chi connectivity index (χ0v) is 17.3. The van der Waals surface area contributed by atoms with Gasteiger partial charge in [-0.3, -0.25) is 9.59 Å². The second-order valence-electron chi connectivity index (χ2n) is 6.65. The zero-order chi connectivity index (χ0) is 21.4. The third-order valence-electron chi connectivity index (χ3n) is 4.76. The molecule has 0 bridgehead atoms. The number of hydrogen-bond donors (Lipinski definition) is 2. The minimum Gasteiger partial charge on any atom is -0.493 e. The van der Waals surface area contributed by atoms with Gasteiger partial charge in [-0.15, -0.1) is 0 Å². The molecule has 8 heteroatoms. The van der Waals surface area contributed by atoms with Crippen molar-refractivity contribution in [2.24, 2.45) is 0 Å². The molecule has 0 aliphatic rings. The Morgan fingerprint density at radius 1 is 1.03 bits per heavy atom. The van der Waals surface area contributed by atoms with Crippen molar-refractivity contribution in [1.29, 1.82) is 0 Å². The summed E-state index contributed by atoms with van der Waals surface area (Å²) in [4.78, 5) is 24.8. The largest absolute Gasteiger partial charge is 0.493 e. The average Bonchev–Trinajstić information content (AvgIpc) is 2.72. The maximum absolute atomic E-state index is 13.1. The van der Waals surface area contributed by atoms with Crippen molar-refractivity contribution in [3.63, 3.8) is 0 Å². The molecular formula is C22H16Cl2N2O4. The predicted molar refractivity (Wildman–Crippen MR) is 120 cm³/mol. The number of hydrogen-bond acceptors (Lipinski definition) is 4. The minimum absolute atomic E-state index is 0.227. The lowest BCUT2D eigenvalue weighted by Gasteiger charge is -2.17. The van der Waals surface area contributed by atoms with Crippen molar-refractivity contribution in [3.8, 4) is 5.75 Å². The Hall–Kier alpha value is -3.22. The van der Waals surface area contributed by atoms with E-state index in [-0.39, 0.29) is 17.7 Å². The fraction of sp³-hybridized carbons (Fsp3) is 0.0909. The van der Waals surface area contributed by atoms with Crippen LogP contribution in [0.5, 0.6) is 5.75 Å². The first-order chi connectivity index (χ1) is 14.4. The lowest BCUT2D eigenvalue weighted by Crippen LogP contribution is -2.17. The van der Waals surface area contributed by atoms with Gasteiger partial charge in [0.05, 0.1) is 28.6 Å². The molecule has 0 aliphatic heterocycles. The van der Waals surface area contributed by atoms with Crippen LogP contribution in [-0.4, -0.2) is 22.8 Å². The van der Waals surface area contributed by atoms with Crippen molar-refractivity contribution in [1.82, 2.24) is 4.57 Å². The molecule has 0 atom stereocenters. The number of carbonyl (C=O) groups is 1. The highest BCUT2D eigenvalue weighted by atomic mass is 35.5. The Morgan fingerprint density at radius 2 is 1.70 bits per heavy atom. The molecule has 4 rings (SSSR count). The van der Waals surface area contributed by atoms with Crippen LogP contribution >= 0.6 is 23.2 Å². The number of benzene rings is 3. The number of nitrogens with one attached hydrogen (secondary N) is 1. The van der Waals surface area contributed by atoms with Gasteiger partial charge in [0.1, 0.15) is 6.54 Å². The number of halogens is 2. The number of carboxylic acid groups (broad SMARTS) is 1. The highest BCUT2D eigenvalue weighted by molar-refractivity contribution is 6.33. The molecule has 1 aromatic heterocycles. The summed E-state index contributed by atoms with van der Waals surface area (Å²) in [5.74, 6) is -0.801. The maximum atomic E-state index is 13.1. The van der Waals surface area contributed by atoms with Gasteiger partial charge in [0.2, 0.25) is 0 Å². The molecule has 2 N–H and O–H groups in total. The van der Waals surface area contributed by atoms with E-state index in [1.165, 1.54) is 11.7 Å². The molecule has 152 valence electrons. The Labute approximate surface area is 181 Å². The van der Waals surface area contributed by atoms with Gasteiger partial charge < -0.3 is 19.7 Å². The van der Waals surface area contributed by atoms with Gasteiger partial charge >= 0.3 is 5.97 Å². The van der Waals surface area contributed by atoms with E-state index in [9.17, 15) is 14.7 Å². The predicted octanol–water partition coefficient (Wildman–Crippen LogP) is 5.30. The molecule has 0 spiro atoms. The molecule has 0 fully saturated rings. The van der Waals surface area contributed by atoms with Crippen LogP contribution in [0.3, 0.4) is 0 Å². The molecule has 30 heavy (non-hydrogen) atoms. The summed E-state index contributed by atoms with van der Waals surface area (Å²) in [6, 6.07) is 15.5. The van der Waals surface area contributed by atoms with Crippen LogP contribution in [-0.2, 0) is 11.3 Å². The second kappa shape index (κ2) is 7.89. The molecule has 0 saturated carbocycles. The van der Waals surface area contributed by atoms with Crippen molar-refractivity contribution < 1.29 is 14.6 Å². The molecule has 0 amide bonds. The highest BCUT2D eigenvalue weighted by Gasteiger charge is 2.18. The maximum Gasteiger partial charge on any atom is 0.323 e. The number of anilines is 2. The zero-order valence-electron chi connectivity index (χ0n) is 15.8. The first kappa shape index (κ1) is 20.1. The van der Waals surface area contributed by atoms with Crippen molar-refractivity contribution in [2.75, 3.05) is 12.4 Å². The summed E-state index contributed by atoms with van der Waals surface area (Å²) in [6.45, 7) is -0.367. The van der Waals surface area contributed by atoms with E-state index >= 15 is 0 Å². The molecule has 1 heterocycles. The number of pyridine rings is 1. The Balaban J connectivity index is 2.01. The number of nitrogens with zero attached hydrogens (tertiary/aromatic N) is 1. The minimum atomic E-state index is -1.06. The number of ether oxygens (including phenoxy) is 1. The Kier molecular flexibility index (Phi) is 5.28. The van der Waals surface area contributed by atoms with Crippen molar-refractivity contribution >= 4 is 62.4 Å². The van der Waals surface area contributed by atoms with Gasteiger partial charge in [-0.1, -0.05) is 23.2 Å². The number of aromatic nitrogens is 1. The van der Waals surface area contributed by atoms with E-state index < -0.39 is 5.97 Å². The number of fused-ring (bicyclic) bond motifs is 2. The van der Waals surface area contributed by atoms with E-state index in [1.54, 1.807) is 42.5 Å². The molecule has 4 aromatic rings. The molecule has 0 aliphatic carbocycles. The Bertz CT molecular complexity index is 1350. The molecule has 0 radical (unpaired) electrons. The molecule has 0 saturated heterocycles. The van der Waals surface area contributed by atoms with Gasteiger partial charge in [-0.05, 0) is 54.6 Å². The lowest BCUT2D eigenvalue weighted by atomic mass is 10.1. The number of methoxy groups -OCH3 is 1. The summed E-state index contributed by atoms with van der Waals surface area (Å²) >= 11 is 12.2. The van der Waals surface area contributed by atoms with Gasteiger partial charge in [-0.25, -0.2) is 0 Å². The van der Waals surface area contributed by atoms with Gasteiger partial charge in [0, 0.05) is 21.8 Å². The van der Waals surface area contributed by atoms with E-state index in [1.807, 2.05) is 12.1 Å². The fourth-order valence-corrected chi connectivity index (χ4v) is 3.84. The van der Waals surface area contributed by atoms with Crippen LogP contribution in [0.15, 0.2) is 59.4 Å². The summed E-state index contributed by atoms with van der Waals surface area (Å²) < 4.78 is 6.94. The highest BCUT2D eigenvalue weighted by Crippen LogP contribution is 2.34. The monoisotopic (exact) mass is 442 g/mol. The molecule has 6 nitrogen and oxygen atoms in total. The van der Waals surface area contributed by atoms with Gasteiger partial charge in [-0.2, -0.15) is 0 Å². The van der Waals surface area contributed by atoms with Crippen molar-refractivity contribution in [2.45, 2.75) is 6.54 Å². The topological polar surface area (TPSA) is 80.6 Å². The summed E-state index contributed by atoms with van der Waals surface area (Å²) in [5, 5.41) is 14.4. The van der Waals surface area contributed by atoms with Crippen LogP contribution < -0.4 is 15.5 Å². The second-order valence-corrected chi connectivity index (χ2v) is 7.49. The van der Waals surface area contributed by atoms with E-state index in [0.29, 0.717) is 37.5 Å². The van der Waals surface area contributed by atoms with Crippen molar-refractivity contribution in [3.05, 3.63) is 74.9 Å². The number of rotatable bonds is 5. The molecule has 3 aromatic carbocycles. The average molecular weight is 443 g/mol. The van der Waals surface area contributed by atoms with Crippen LogP contribution in [0.2, 0.25) is 10.0 Å². The number of carboxylic acids is 1. The fourth-order valence-electron chi connectivity index (χ4n) is 3.48. The number of aliphatic carboxylic acids is 1. The third kappa shape index (κ3) is 3.56. The third-order valence-corrected chi connectivity index (χ3v) is 5.31. The quantitative estimate of drug-likeness (QED) is 0.410. The standard InChI is InChI=1S/C22H16Cl2N2O4/c1-30-22-17(24)9-8-16-20(22)26(11-19(27)28)18-10-14(6-7-15(18)21(16)29)25-13-4-2-12(23)3-5-13/h2-10,25H,11H2,1H3,(H,27,28). The normalized spacial score (nSPS) is 11.0. The first-order valence-electron chi connectivity index (χ1n) is 8.96. The van der Waals surface area contributed by atoms with E-state index in [2.05, 4.69) is 5.32 Å². The lowest BCUT2D eigenvalue weighted by molar-refractivity contribution is -0.137. The first-order valence-corrected chi connectivity index (χ1v) is 9.72. The summed E-state index contributed by atoms with van der Waals surface area (Å²) in [7, 11) is 1.43. The van der Waals surface area contributed by atoms with E-state index in [4.69, 9.17) is 27.9 Å². The summed E-state index contributed by atoms with van der Waals surface area (Å²) in [5.41, 5.74) is 2.05. The van der Waals surface area contributed by atoms with E-state index in [0.717, 1.165) is 5.69 Å².